The molecule has 1 N–H and O–H groups in total. The summed E-state index contributed by atoms with van der Waals surface area (Å²) in [4.78, 5) is 36.6. The third kappa shape index (κ3) is 2.96. The van der Waals surface area contributed by atoms with E-state index in [0.29, 0.717) is 17.8 Å². The highest BCUT2D eigenvalue weighted by molar-refractivity contribution is 6.01. The molecule has 8 nitrogen and oxygen atoms in total. The molecule has 0 aromatic carbocycles. The van der Waals surface area contributed by atoms with Crippen LogP contribution in [-0.2, 0) is 11.9 Å². The van der Waals surface area contributed by atoms with Gasteiger partial charge in [0.25, 0.3) is 5.91 Å². The first-order valence-electron chi connectivity index (χ1n) is 7.02. The third-order valence-electron chi connectivity index (χ3n) is 3.57. The lowest BCUT2D eigenvalue weighted by atomic mass is 10.0. The number of aromatic nitrogens is 3. The molecule has 2 aromatic rings. The number of hydrogen-bond acceptors (Lipinski definition) is 6. The number of aryl methyl sites for hydroxylation is 1. The minimum atomic E-state index is -0.289. The second-order valence-electron chi connectivity index (χ2n) is 5.12. The Morgan fingerprint density at radius 2 is 2.22 bits per heavy atom. The monoisotopic (exact) mass is 313 g/mol. The van der Waals surface area contributed by atoms with Crippen molar-refractivity contribution in [1.82, 2.24) is 19.9 Å². The minimum Gasteiger partial charge on any atom is -0.387 e. The number of carbonyl (C=O) groups excluding carboxylic acids is 1. The van der Waals surface area contributed by atoms with Gasteiger partial charge in [0.1, 0.15) is 17.7 Å². The van der Waals surface area contributed by atoms with E-state index in [1.807, 2.05) is 0 Å². The van der Waals surface area contributed by atoms with Gasteiger partial charge in [-0.25, -0.2) is 9.97 Å². The summed E-state index contributed by atoms with van der Waals surface area (Å²) >= 11 is 0. The van der Waals surface area contributed by atoms with Crippen LogP contribution in [0.15, 0.2) is 40.7 Å². The number of rotatable bonds is 3. The van der Waals surface area contributed by atoms with Crippen LogP contribution in [0.1, 0.15) is 34.3 Å². The summed E-state index contributed by atoms with van der Waals surface area (Å²) in [5.74, 6) is -0.289. The Hall–Kier alpha value is -3.03. The van der Waals surface area contributed by atoms with Gasteiger partial charge in [0.2, 0.25) is 5.56 Å². The van der Waals surface area contributed by atoms with Gasteiger partial charge >= 0.3 is 0 Å². The van der Waals surface area contributed by atoms with Gasteiger partial charge in [-0.05, 0) is 12.1 Å². The van der Waals surface area contributed by atoms with Crippen molar-refractivity contribution in [3.63, 3.8) is 0 Å². The molecule has 0 saturated heterocycles. The summed E-state index contributed by atoms with van der Waals surface area (Å²) in [6.45, 7) is 0. The Morgan fingerprint density at radius 3 is 2.96 bits per heavy atom. The summed E-state index contributed by atoms with van der Waals surface area (Å²) in [6, 6.07) is 4.79. The number of amides is 1. The molecule has 3 rings (SSSR count). The van der Waals surface area contributed by atoms with Crippen molar-refractivity contribution in [1.29, 1.82) is 0 Å². The number of oxime groups is 1. The lowest BCUT2D eigenvalue weighted by molar-refractivity contribution is 0.0852. The van der Waals surface area contributed by atoms with Crippen molar-refractivity contribution in [2.45, 2.75) is 12.5 Å². The quantitative estimate of drug-likeness (QED) is 0.884. The zero-order valence-corrected chi connectivity index (χ0v) is 12.7. The molecule has 1 aliphatic rings. The van der Waals surface area contributed by atoms with Gasteiger partial charge in [0.15, 0.2) is 6.10 Å². The van der Waals surface area contributed by atoms with E-state index in [1.165, 1.54) is 24.0 Å². The second-order valence-corrected chi connectivity index (χ2v) is 5.12. The molecule has 2 aromatic heterocycles. The minimum absolute atomic E-state index is 0.0843. The molecule has 1 aliphatic heterocycles. The zero-order valence-electron chi connectivity index (χ0n) is 12.7. The van der Waals surface area contributed by atoms with Crippen LogP contribution in [-0.4, -0.2) is 33.2 Å². The summed E-state index contributed by atoms with van der Waals surface area (Å²) in [6.07, 6.45) is 3.27. The van der Waals surface area contributed by atoms with E-state index in [2.05, 4.69) is 20.4 Å². The summed E-state index contributed by atoms with van der Waals surface area (Å²) < 4.78 is 1.49. The van der Waals surface area contributed by atoms with Crippen LogP contribution in [0.4, 0.5) is 0 Å². The first kappa shape index (κ1) is 14.9. The molecule has 1 unspecified atom stereocenters. The fourth-order valence-corrected chi connectivity index (χ4v) is 2.28. The molecule has 23 heavy (non-hydrogen) atoms. The molecule has 1 atom stereocenters. The number of pyridine rings is 1. The Morgan fingerprint density at radius 1 is 1.39 bits per heavy atom. The number of carbonyl (C=O) groups is 1. The number of hydrogen-bond donors (Lipinski definition) is 1. The number of nitrogens with one attached hydrogen (secondary N) is 1. The molecule has 0 saturated carbocycles. The zero-order chi connectivity index (χ0) is 16.4. The predicted octanol–water partition coefficient (Wildman–Crippen LogP) is 0.401. The fraction of sp³-hybridized carbons (Fsp3) is 0.267. The van der Waals surface area contributed by atoms with Crippen molar-refractivity contribution >= 4 is 11.6 Å². The molecule has 0 aliphatic carbocycles. The largest absolute Gasteiger partial charge is 0.387 e. The van der Waals surface area contributed by atoms with Crippen LogP contribution in [0.2, 0.25) is 0 Å². The topological polar surface area (TPSA) is 98.5 Å². The van der Waals surface area contributed by atoms with Crippen LogP contribution in [0.25, 0.3) is 0 Å². The van der Waals surface area contributed by atoms with Crippen molar-refractivity contribution in [2.75, 3.05) is 7.05 Å². The summed E-state index contributed by atoms with van der Waals surface area (Å²) in [5, 5.41) is 6.56. The van der Waals surface area contributed by atoms with Crippen molar-refractivity contribution < 1.29 is 9.63 Å². The predicted molar refractivity (Wildman–Crippen MR) is 82.1 cm³/mol. The Bertz CT molecular complexity index is 843. The highest BCUT2D eigenvalue weighted by Gasteiger charge is 2.25. The average Bonchev–Trinajstić information content (AvgIpc) is 3.07. The van der Waals surface area contributed by atoms with Crippen molar-refractivity contribution in [3.8, 4) is 0 Å². The van der Waals surface area contributed by atoms with Gasteiger partial charge in [0, 0.05) is 38.3 Å². The van der Waals surface area contributed by atoms with Crippen LogP contribution in [0.3, 0.4) is 0 Å². The van der Waals surface area contributed by atoms with E-state index in [9.17, 15) is 9.59 Å². The van der Waals surface area contributed by atoms with Crippen LogP contribution >= 0.6 is 0 Å². The normalized spacial score (nSPS) is 16.6. The fourth-order valence-electron chi connectivity index (χ4n) is 2.28. The summed E-state index contributed by atoms with van der Waals surface area (Å²) in [5.41, 5.74) is 2.22. The van der Waals surface area contributed by atoms with Gasteiger partial charge < -0.3 is 14.7 Å². The molecular formula is C15H15N5O3. The molecule has 3 heterocycles. The smallest absolute Gasteiger partial charge is 0.269 e. The maximum Gasteiger partial charge on any atom is 0.269 e. The molecule has 1 amide bonds. The van der Waals surface area contributed by atoms with E-state index in [-0.39, 0.29) is 23.3 Å². The molecule has 8 heteroatoms. The van der Waals surface area contributed by atoms with Crippen LogP contribution < -0.4 is 10.9 Å². The molecular weight excluding hydrogens is 298 g/mol. The molecule has 0 fully saturated rings. The van der Waals surface area contributed by atoms with Crippen molar-refractivity contribution in [2.24, 2.45) is 12.2 Å². The standard InChI is InChI=1S/C15H15N5O3/c1-16-15(22)12-5-10(17-8-18-12)11-6-13(23-19-11)9-3-4-14(21)20(2)7-9/h3-5,7-8,13H,6H2,1-2H3,(H,16,22). The van der Waals surface area contributed by atoms with Crippen LogP contribution in [0, 0.1) is 0 Å². The first-order chi connectivity index (χ1) is 11.1. The van der Waals surface area contributed by atoms with Gasteiger partial charge in [-0.15, -0.1) is 0 Å². The number of nitrogens with zero attached hydrogens (tertiary/aromatic N) is 4. The SMILES string of the molecule is CNC(=O)c1cc(C2=NOC(c3ccc(=O)n(C)c3)C2)ncn1. The lowest BCUT2D eigenvalue weighted by Gasteiger charge is -2.09. The maximum absolute atomic E-state index is 11.6. The van der Waals surface area contributed by atoms with E-state index >= 15 is 0 Å². The first-order valence-corrected chi connectivity index (χ1v) is 7.02. The van der Waals surface area contributed by atoms with Gasteiger partial charge in [-0.2, -0.15) is 0 Å². The highest BCUT2D eigenvalue weighted by atomic mass is 16.6. The third-order valence-corrected chi connectivity index (χ3v) is 3.57. The van der Waals surface area contributed by atoms with E-state index in [1.54, 1.807) is 25.4 Å². The van der Waals surface area contributed by atoms with E-state index in [0.717, 1.165) is 5.56 Å². The maximum atomic E-state index is 11.6. The lowest BCUT2D eigenvalue weighted by Crippen LogP contribution is -2.20. The van der Waals surface area contributed by atoms with E-state index < -0.39 is 0 Å². The van der Waals surface area contributed by atoms with Gasteiger partial charge in [-0.1, -0.05) is 5.16 Å². The van der Waals surface area contributed by atoms with E-state index in [4.69, 9.17) is 4.84 Å². The summed E-state index contributed by atoms with van der Waals surface area (Å²) in [7, 11) is 3.22. The molecule has 0 bridgehead atoms. The van der Waals surface area contributed by atoms with Gasteiger partial charge in [-0.3, -0.25) is 9.59 Å². The Balaban J connectivity index is 1.80. The molecule has 0 spiro atoms. The second kappa shape index (κ2) is 5.99. The highest BCUT2D eigenvalue weighted by Crippen LogP contribution is 2.28. The Kier molecular flexibility index (Phi) is 3.88. The molecule has 0 radical (unpaired) electrons. The van der Waals surface area contributed by atoms with Crippen LogP contribution in [0.5, 0.6) is 0 Å². The average molecular weight is 313 g/mol. The molecule has 118 valence electrons. The Labute approximate surface area is 131 Å². The van der Waals surface area contributed by atoms with Crippen molar-refractivity contribution in [3.05, 3.63) is 58.0 Å². The van der Waals surface area contributed by atoms with Gasteiger partial charge in [0.05, 0.1) is 5.69 Å².